The normalized spacial score (nSPS) is 39.1. The number of aliphatic hydroxyl groups is 1. The summed E-state index contributed by atoms with van der Waals surface area (Å²) in [4.78, 5) is 11.9. The zero-order chi connectivity index (χ0) is 8.72. The number of aliphatic hydroxyl groups excluding tert-OH is 1. The van der Waals surface area contributed by atoms with E-state index in [4.69, 9.17) is 14.9 Å². The molecule has 0 aliphatic carbocycles. The van der Waals surface area contributed by atoms with Crippen molar-refractivity contribution in [3.63, 3.8) is 0 Å². The van der Waals surface area contributed by atoms with E-state index in [0.29, 0.717) is 13.1 Å². The molecule has 68 valence electrons. The third-order valence-corrected chi connectivity index (χ3v) is 2.45. The largest absolute Gasteiger partial charge is 0.465 e. The van der Waals surface area contributed by atoms with Crippen molar-refractivity contribution in [2.75, 3.05) is 19.7 Å². The summed E-state index contributed by atoms with van der Waals surface area (Å²) in [6.07, 6.45) is -0.792. The Labute approximate surface area is 69.5 Å². The molecule has 0 aromatic heterocycles. The summed E-state index contributed by atoms with van der Waals surface area (Å²) in [5.41, 5.74) is 0. The molecule has 5 heteroatoms. The van der Waals surface area contributed by atoms with Crippen molar-refractivity contribution in [1.82, 2.24) is 4.90 Å². The molecule has 2 N–H and O–H groups in total. The molecule has 0 bridgehead atoms. The van der Waals surface area contributed by atoms with Gasteiger partial charge < -0.3 is 19.8 Å². The van der Waals surface area contributed by atoms with E-state index in [9.17, 15) is 4.79 Å². The summed E-state index contributed by atoms with van der Waals surface area (Å²) < 4.78 is 5.20. The third-order valence-electron chi connectivity index (χ3n) is 2.45. The molecule has 5 nitrogen and oxygen atoms in total. The van der Waals surface area contributed by atoms with Crippen molar-refractivity contribution >= 4 is 6.09 Å². The zero-order valence-electron chi connectivity index (χ0n) is 6.51. The van der Waals surface area contributed by atoms with Gasteiger partial charge in [-0.3, -0.25) is 0 Å². The van der Waals surface area contributed by atoms with E-state index in [1.807, 2.05) is 0 Å². The minimum Gasteiger partial charge on any atom is -0.465 e. The van der Waals surface area contributed by atoms with Gasteiger partial charge in [0.2, 0.25) is 0 Å². The van der Waals surface area contributed by atoms with Crippen molar-refractivity contribution in [2.24, 2.45) is 5.92 Å². The minimum absolute atomic E-state index is 0.00491. The monoisotopic (exact) mass is 173 g/mol. The van der Waals surface area contributed by atoms with Crippen molar-refractivity contribution in [3.05, 3.63) is 0 Å². The van der Waals surface area contributed by atoms with Gasteiger partial charge in [0.25, 0.3) is 0 Å². The first kappa shape index (κ1) is 7.82. The lowest BCUT2D eigenvalue weighted by Crippen LogP contribution is -2.44. The number of piperidine rings is 1. The summed E-state index contributed by atoms with van der Waals surface area (Å²) in [5.74, 6) is -0.0279. The fourth-order valence-corrected chi connectivity index (χ4v) is 1.71. The van der Waals surface area contributed by atoms with E-state index in [-0.39, 0.29) is 24.7 Å². The number of amides is 1. The van der Waals surface area contributed by atoms with Crippen LogP contribution in [0.5, 0.6) is 0 Å². The molecule has 2 aliphatic rings. The highest BCUT2D eigenvalue weighted by Crippen LogP contribution is 2.34. The Bertz CT molecular complexity index is 208. The standard InChI is InChI=1S/C7H11NO4/c9-3-4-1-8(7(10)11)2-5-6(4)12-5/h4-6,9H,1-3H2,(H,10,11). The van der Waals surface area contributed by atoms with Crippen LogP contribution >= 0.6 is 0 Å². The molecule has 0 aromatic carbocycles. The number of hydrogen-bond donors (Lipinski definition) is 2. The van der Waals surface area contributed by atoms with Gasteiger partial charge in [-0.15, -0.1) is 0 Å². The number of epoxide rings is 1. The van der Waals surface area contributed by atoms with Crippen LogP contribution in [0.3, 0.4) is 0 Å². The lowest BCUT2D eigenvalue weighted by atomic mass is 9.99. The van der Waals surface area contributed by atoms with Crippen LogP contribution in [0.4, 0.5) is 4.79 Å². The van der Waals surface area contributed by atoms with Crippen LogP contribution < -0.4 is 0 Å². The predicted octanol–water partition coefficient (Wildman–Crippen LogP) is -0.644. The number of fused-ring (bicyclic) bond motifs is 1. The highest BCUT2D eigenvalue weighted by Gasteiger charge is 2.50. The maximum Gasteiger partial charge on any atom is 0.407 e. The van der Waals surface area contributed by atoms with E-state index in [0.717, 1.165) is 0 Å². The van der Waals surface area contributed by atoms with E-state index in [1.165, 1.54) is 4.90 Å². The summed E-state index contributed by atoms with van der Waals surface area (Å²) >= 11 is 0. The molecular weight excluding hydrogens is 162 g/mol. The minimum atomic E-state index is -0.928. The molecule has 0 radical (unpaired) electrons. The average Bonchev–Trinajstić information content (AvgIpc) is 2.80. The fraction of sp³-hybridized carbons (Fsp3) is 0.857. The van der Waals surface area contributed by atoms with Crippen molar-refractivity contribution < 1.29 is 19.7 Å². The summed E-state index contributed by atoms with van der Waals surface area (Å²) in [7, 11) is 0. The van der Waals surface area contributed by atoms with Crippen molar-refractivity contribution in [2.45, 2.75) is 12.2 Å². The van der Waals surface area contributed by atoms with Crippen LogP contribution in [-0.4, -0.2) is 53.1 Å². The number of hydrogen-bond acceptors (Lipinski definition) is 3. The lowest BCUT2D eigenvalue weighted by molar-refractivity contribution is 0.111. The topological polar surface area (TPSA) is 73.3 Å². The van der Waals surface area contributed by atoms with Gasteiger partial charge in [0.15, 0.2) is 0 Å². The van der Waals surface area contributed by atoms with Crippen LogP contribution in [0, 0.1) is 5.92 Å². The van der Waals surface area contributed by atoms with Crippen molar-refractivity contribution in [3.8, 4) is 0 Å². The number of likely N-dealkylation sites (tertiary alicyclic amines) is 1. The second kappa shape index (κ2) is 2.60. The zero-order valence-corrected chi connectivity index (χ0v) is 6.51. The molecule has 2 aliphatic heterocycles. The number of ether oxygens (including phenoxy) is 1. The van der Waals surface area contributed by atoms with Gasteiger partial charge in [-0.2, -0.15) is 0 Å². The molecule has 12 heavy (non-hydrogen) atoms. The first-order chi connectivity index (χ1) is 5.72. The molecule has 3 unspecified atom stereocenters. The number of rotatable bonds is 1. The van der Waals surface area contributed by atoms with Gasteiger partial charge >= 0.3 is 6.09 Å². The smallest absolute Gasteiger partial charge is 0.407 e. The van der Waals surface area contributed by atoms with E-state index < -0.39 is 6.09 Å². The van der Waals surface area contributed by atoms with Gasteiger partial charge in [-0.1, -0.05) is 0 Å². The summed E-state index contributed by atoms with van der Waals surface area (Å²) in [6.45, 7) is 0.856. The number of nitrogens with zero attached hydrogens (tertiary/aromatic N) is 1. The Balaban J connectivity index is 1.99. The molecule has 0 spiro atoms. The highest BCUT2D eigenvalue weighted by molar-refractivity contribution is 5.65. The Hall–Kier alpha value is -0.810. The lowest BCUT2D eigenvalue weighted by Gasteiger charge is -2.26. The summed E-state index contributed by atoms with van der Waals surface area (Å²) in [5, 5.41) is 17.6. The average molecular weight is 173 g/mol. The number of carbonyl (C=O) groups is 1. The molecular formula is C7H11NO4. The molecule has 0 saturated carbocycles. The first-order valence-electron chi connectivity index (χ1n) is 3.96. The van der Waals surface area contributed by atoms with Gasteiger partial charge in [-0.05, 0) is 0 Å². The highest BCUT2D eigenvalue weighted by atomic mass is 16.6. The van der Waals surface area contributed by atoms with E-state index >= 15 is 0 Å². The van der Waals surface area contributed by atoms with Crippen LogP contribution in [0.2, 0.25) is 0 Å². The molecule has 2 fully saturated rings. The Morgan fingerprint density at radius 2 is 2.33 bits per heavy atom. The van der Waals surface area contributed by atoms with E-state index in [1.54, 1.807) is 0 Å². The Morgan fingerprint density at radius 3 is 2.92 bits per heavy atom. The summed E-state index contributed by atoms with van der Waals surface area (Å²) in [6, 6.07) is 0. The molecule has 1 amide bonds. The van der Waals surface area contributed by atoms with E-state index in [2.05, 4.69) is 0 Å². The second-order valence-corrected chi connectivity index (χ2v) is 3.27. The molecule has 2 saturated heterocycles. The fourth-order valence-electron chi connectivity index (χ4n) is 1.71. The first-order valence-corrected chi connectivity index (χ1v) is 3.96. The molecule has 0 aromatic rings. The Morgan fingerprint density at radius 1 is 1.58 bits per heavy atom. The van der Waals surface area contributed by atoms with Gasteiger partial charge in [-0.25, -0.2) is 4.79 Å². The van der Waals surface area contributed by atoms with Gasteiger partial charge in [0, 0.05) is 12.5 Å². The SMILES string of the molecule is O=C(O)N1CC(CO)C2OC2C1. The van der Waals surface area contributed by atoms with Crippen LogP contribution in [-0.2, 0) is 4.74 Å². The van der Waals surface area contributed by atoms with Crippen molar-refractivity contribution in [1.29, 1.82) is 0 Å². The third kappa shape index (κ3) is 1.15. The van der Waals surface area contributed by atoms with Crippen LogP contribution in [0.1, 0.15) is 0 Å². The van der Waals surface area contributed by atoms with Gasteiger partial charge in [0.1, 0.15) is 6.10 Å². The number of carboxylic acid groups (broad SMARTS) is 1. The predicted molar refractivity (Wildman–Crippen MR) is 38.8 cm³/mol. The quantitative estimate of drug-likeness (QED) is 0.517. The Kier molecular flexibility index (Phi) is 1.69. The van der Waals surface area contributed by atoms with Crippen LogP contribution in [0.25, 0.3) is 0 Å². The second-order valence-electron chi connectivity index (χ2n) is 3.27. The maximum absolute atomic E-state index is 10.6. The maximum atomic E-state index is 10.6. The van der Waals surface area contributed by atoms with Gasteiger partial charge in [0.05, 0.1) is 19.3 Å². The molecule has 2 rings (SSSR count). The molecule has 2 heterocycles. The molecule has 3 atom stereocenters. The van der Waals surface area contributed by atoms with Crippen LogP contribution in [0.15, 0.2) is 0 Å².